The third-order valence-electron chi connectivity index (χ3n) is 2.56. The zero-order chi connectivity index (χ0) is 12.0. The number of halogens is 1. The number of nitrogen functional groups attached to an aromatic ring is 1. The molecule has 0 atom stereocenters. The minimum Gasteiger partial charge on any atom is -0.398 e. The van der Waals surface area contributed by atoms with E-state index in [-0.39, 0.29) is 0 Å². The summed E-state index contributed by atoms with van der Waals surface area (Å²) < 4.78 is 6.09. The molecule has 0 unspecified atom stereocenters. The highest BCUT2D eigenvalue weighted by Gasteiger charge is 2.07. The van der Waals surface area contributed by atoms with Gasteiger partial charge in [0.05, 0.1) is 6.61 Å². The number of rotatable bonds is 6. The number of ether oxygens (including phenoxy) is 1. The van der Waals surface area contributed by atoms with E-state index in [1.807, 2.05) is 12.1 Å². The second-order valence-corrected chi connectivity index (χ2v) is 4.47. The topological polar surface area (TPSA) is 38.5 Å². The fourth-order valence-corrected chi connectivity index (χ4v) is 1.92. The Balaban J connectivity index is 2.66. The Bertz CT molecular complexity index is 331. The molecule has 3 nitrogen and oxygen atoms in total. The molecule has 0 saturated heterocycles. The first-order valence-corrected chi connectivity index (χ1v) is 6.22. The number of methoxy groups -OCH3 is 1. The molecule has 0 aliphatic carbocycles. The summed E-state index contributed by atoms with van der Waals surface area (Å²) in [6.45, 7) is 5.74. The van der Waals surface area contributed by atoms with Gasteiger partial charge in [0, 0.05) is 30.4 Å². The molecule has 0 saturated carbocycles. The smallest absolute Gasteiger partial charge is 0.0589 e. The van der Waals surface area contributed by atoms with Crippen LogP contribution in [0.3, 0.4) is 0 Å². The Kier molecular flexibility index (Phi) is 5.80. The SMILES string of the molecule is CCN(CCOC)Cc1cccc(N)c1Br. The maximum absolute atomic E-state index is 5.85. The number of nitrogens with two attached hydrogens (primary N) is 1. The number of likely N-dealkylation sites (N-methyl/N-ethyl adjacent to an activating group) is 1. The van der Waals surface area contributed by atoms with E-state index in [9.17, 15) is 0 Å². The van der Waals surface area contributed by atoms with Crippen LogP contribution >= 0.6 is 15.9 Å². The van der Waals surface area contributed by atoms with Gasteiger partial charge in [-0.05, 0) is 34.1 Å². The molecule has 2 N–H and O–H groups in total. The van der Waals surface area contributed by atoms with Crippen LogP contribution in [0.5, 0.6) is 0 Å². The molecule has 1 aromatic carbocycles. The van der Waals surface area contributed by atoms with Gasteiger partial charge in [0.2, 0.25) is 0 Å². The molecular formula is C12H19BrN2O. The van der Waals surface area contributed by atoms with Gasteiger partial charge in [-0.1, -0.05) is 19.1 Å². The predicted molar refractivity (Wildman–Crippen MR) is 71.4 cm³/mol. The van der Waals surface area contributed by atoms with Gasteiger partial charge in [-0.15, -0.1) is 0 Å². The van der Waals surface area contributed by atoms with Crippen molar-refractivity contribution in [1.82, 2.24) is 4.90 Å². The van der Waals surface area contributed by atoms with E-state index in [2.05, 4.69) is 33.8 Å². The molecule has 0 fully saturated rings. The van der Waals surface area contributed by atoms with E-state index < -0.39 is 0 Å². The highest BCUT2D eigenvalue weighted by Crippen LogP contribution is 2.24. The van der Waals surface area contributed by atoms with Crippen molar-refractivity contribution in [2.45, 2.75) is 13.5 Å². The molecule has 16 heavy (non-hydrogen) atoms. The molecule has 0 spiro atoms. The predicted octanol–water partition coefficient (Wildman–Crippen LogP) is 2.50. The van der Waals surface area contributed by atoms with Crippen LogP contribution in [-0.4, -0.2) is 31.7 Å². The summed E-state index contributed by atoms with van der Waals surface area (Å²) in [6, 6.07) is 5.98. The molecule has 0 aliphatic heterocycles. The summed E-state index contributed by atoms with van der Waals surface area (Å²) in [6.07, 6.45) is 0. The molecule has 90 valence electrons. The fraction of sp³-hybridized carbons (Fsp3) is 0.500. The quantitative estimate of drug-likeness (QED) is 0.817. The lowest BCUT2D eigenvalue weighted by Gasteiger charge is -2.21. The molecule has 0 aromatic heterocycles. The Morgan fingerprint density at radius 1 is 1.44 bits per heavy atom. The number of anilines is 1. The van der Waals surface area contributed by atoms with Crippen molar-refractivity contribution in [1.29, 1.82) is 0 Å². The molecule has 1 rings (SSSR count). The van der Waals surface area contributed by atoms with Crippen LogP contribution in [0.15, 0.2) is 22.7 Å². The molecule has 1 aromatic rings. The Morgan fingerprint density at radius 3 is 2.81 bits per heavy atom. The number of benzene rings is 1. The summed E-state index contributed by atoms with van der Waals surface area (Å²) in [4.78, 5) is 2.32. The minimum atomic E-state index is 0.758. The lowest BCUT2D eigenvalue weighted by molar-refractivity contribution is 0.147. The normalized spacial score (nSPS) is 11.0. The summed E-state index contributed by atoms with van der Waals surface area (Å²) in [7, 11) is 1.73. The van der Waals surface area contributed by atoms with Crippen LogP contribution in [0.1, 0.15) is 12.5 Å². The maximum Gasteiger partial charge on any atom is 0.0589 e. The van der Waals surface area contributed by atoms with Gasteiger partial charge in [-0.2, -0.15) is 0 Å². The largest absolute Gasteiger partial charge is 0.398 e. The van der Waals surface area contributed by atoms with E-state index in [0.29, 0.717) is 0 Å². The van der Waals surface area contributed by atoms with Gasteiger partial charge < -0.3 is 10.5 Å². The highest BCUT2D eigenvalue weighted by atomic mass is 79.9. The van der Waals surface area contributed by atoms with Gasteiger partial charge >= 0.3 is 0 Å². The lowest BCUT2D eigenvalue weighted by atomic mass is 10.2. The van der Waals surface area contributed by atoms with Crippen LogP contribution < -0.4 is 5.73 Å². The monoisotopic (exact) mass is 286 g/mol. The zero-order valence-corrected chi connectivity index (χ0v) is 11.5. The molecule has 0 amide bonds. The van der Waals surface area contributed by atoms with Gasteiger partial charge in [0.25, 0.3) is 0 Å². The van der Waals surface area contributed by atoms with E-state index in [4.69, 9.17) is 10.5 Å². The zero-order valence-electron chi connectivity index (χ0n) is 9.87. The highest BCUT2D eigenvalue weighted by molar-refractivity contribution is 9.10. The first-order chi connectivity index (χ1) is 7.69. The Morgan fingerprint density at radius 2 is 2.19 bits per heavy atom. The van der Waals surface area contributed by atoms with Crippen LogP contribution in [0.25, 0.3) is 0 Å². The Labute approximate surface area is 106 Å². The van der Waals surface area contributed by atoms with E-state index >= 15 is 0 Å². The van der Waals surface area contributed by atoms with Crippen molar-refractivity contribution in [3.8, 4) is 0 Å². The molecule has 0 radical (unpaired) electrons. The summed E-state index contributed by atoms with van der Waals surface area (Å²) in [5, 5.41) is 0. The van der Waals surface area contributed by atoms with Crippen molar-refractivity contribution >= 4 is 21.6 Å². The second-order valence-electron chi connectivity index (χ2n) is 3.68. The number of hydrogen-bond acceptors (Lipinski definition) is 3. The van der Waals surface area contributed by atoms with Gasteiger partial charge in [-0.25, -0.2) is 0 Å². The second kappa shape index (κ2) is 6.89. The fourth-order valence-electron chi connectivity index (χ4n) is 1.53. The standard InChI is InChI=1S/C12H19BrN2O/c1-3-15(7-8-16-2)9-10-5-4-6-11(14)12(10)13/h4-6H,3,7-9,14H2,1-2H3. The molecule has 0 heterocycles. The van der Waals surface area contributed by atoms with Gasteiger partial charge in [0.15, 0.2) is 0 Å². The van der Waals surface area contributed by atoms with E-state index in [0.717, 1.165) is 36.4 Å². The molecule has 0 aliphatic rings. The lowest BCUT2D eigenvalue weighted by Crippen LogP contribution is -2.26. The summed E-state index contributed by atoms with van der Waals surface area (Å²) in [5.41, 5.74) is 7.86. The van der Waals surface area contributed by atoms with Crippen LogP contribution in [0.4, 0.5) is 5.69 Å². The van der Waals surface area contributed by atoms with E-state index in [1.54, 1.807) is 7.11 Å². The minimum absolute atomic E-state index is 0.758. The van der Waals surface area contributed by atoms with Gasteiger partial charge in [0.1, 0.15) is 0 Å². The van der Waals surface area contributed by atoms with Crippen LogP contribution in [0, 0.1) is 0 Å². The first kappa shape index (κ1) is 13.5. The number of hydrogen-bond donors (Lipinski definition) is 1. The van der Waals surface area contributed by atoms with Crippen molar-refractivity contribution in [2.75, 3.05) is 32.5 Å². The summed E-state index contributed by atoms with van der Waals surface area (Å²) in [5.74, 6) is 0. The van der Waals surface area contributed by atoms with Crippen molar-refractivity contribution in [3.05, 3.63) is 28.2 Å². The Hall–Kier alpha value is -0.580. The average molecular weight is 287 g/mol. The molecular weight excluding hydrogens is 268 g/mol. The summed E-state index contributed by atoms with van der Waals surface area (Å²) >= 11 is 3.52. The van der Waals surface area contributed by atoms with Crippen molar-refractivity contribution in [3.63, 3.8) is 0 Å². The van der Waals surface area contributed by atoms with Crippen LogP contribution in [-0.2, 0) is 11.3 Å². The van der Waals surface area contributed by atoms with Gasteiger partial charge in [-0.3, -0.25) is 4.90 Å². The third kappa shape index (κ3) is 3.77. The third-order valence-corrected chi connectivity index (χ3v) is 3.53. The molecule has 4 heteroatoms. The van der Waals surface area contributed by atoms with E-state index in [1.165, 1.54) is 5.56 Å². The van der Waals surface area contributed by atoms with Crippen molar-refractivity contribution < 1.29 is 4.74 Å². The van der Waals surface area contributed by atoms with Crippen LogP contribution in [0.2, 0.25) is 0 Å². The number of nitrogens with zero attached hydrogens (tertiary/aromatic N) is 1. The molecule has 0 bridgehead atoms. The average Bonchev–Trinajstić information content (AvgIpc) is 2.30. The maximum atomic E-state index is 5.85. The van der Waals surface area contributed by atoms with Crippen molar-refractivity contribution in [2.24, 2.45) is 0 Å². The first-order valence-electron chi connectivity index (χ1n) is 5.43.